The van der Waals surface area contributed by atoms with Crippen LogP contribution in [0, 0.1) is 6.92 Å². The Hall–Kier alpha value is -0.980. The number of nitrogens with one attached hydrogen (secondary N) is 1. The van der Waals surface area contributed by atoms with Crippen molar-refractivity contribution in [3.8, 4) is 0 Å². The summed E-state index contributed by atoms with van der Waals surface area (Å²) < 4.78 is 0. The van der Waals surface area contributed by atoms with E-state index in [1.807, 2.05) is 0 Å². The Morgan fingerprint density at radius 2 is 2.27 bits per heavy atom. The van der Waals surface area contributed by atoms with Crippen LogP contribution in [0.4, 0.5) is 5.69 Å². The van der Waals surface area contributed by atoms with E-state index in [0.717, 1.165) is 0 Å². The first-order valence-corrected chi connectivity index (χ1v) is 4.12. The van der Waals surface area contributed by atoms with Crippen molar-refractivity contribution in [1.82, 2.24) is 0 Å². The number of hydrogen-bond donors (Lipinski definition) is 1. The third-order valence-electron chi connectivity index (χ3n) is 2.32. The molecule has 2 rings (SSSR count). The van der Waals surface area contributed by atoms with Crippen LogP contribution < -0.4 is 5.32 Å². The highest BCUT2D eigenvalue weighted by atomic mass is 14.9. The third-order valence-corrected chi connectivity index (χ3v) is 2.32. The Bertz CT molecular complexity index is 278. The van der Waals surface area contributed by atoms with Gasteiger partial charge in [0, 0.05) is 11.7 Å². The molecule has 0 bridgehead atoms. The van der Waals surface area contributed by atoms with Crippen molar-refractivity contribution < 1.29 is 0 Å². The molecule has 1 aliphatic rings. The van der Waals surface area contributed by atoms with E-state index in [-0.39, 0.29) is 0 Å². The summed E-state index contributed by atoms with van der Waals surface area (Å²) in [5, 5.41) is 3.44. The monoisotopic (exact) mass is 147 g/mol. The predicted octanol–water partition coefficient (Wildman–Crippen LogP) is 2.35. The van der Waals surface area contributed by atoms with Crippen LogP contribution in [0.25, 0.3) is 0 Å². The summed E-state index contributed by atoms with van der Waals surface area (Å²) in [7, 11) is 0. The molecule has 1 aromatic carbocycles. The van der Waals surface area contributed by atoms with Crippen molar-refractivity contribution in [3.63, 3.8) is 0 Å². The standard InChI is InChI=1S/C10H13N/c1-7-4-3-5-10-9(7)6-8(2)11-10/h3-5,8,11H,6H2,1-2H3/t8-/m0/s1. The maximum absolute atomic E-state index is 3.44. The molecule has 0 saturated carbocycles. The maximum atomic E-state index is 3.44. The van der Waals surface area contributed by atoms with Crippen LogP contribution in [0.3, 0.4) is 0 Å². The highest BCUT2D eigenvalue weighted by Gasteiger charge is 2.16. The second-order valence-corrected chi connectivity index (χ2v) is 3.35. The molecule has 0 amide bonds. The Balaban J connectivity index is 2.49. The van der Waals surface area contributed by atoms with Gasteiger partial charge in [-0.25, -0.2) is 0 Å². The predicted molar refractivity (Wildman–Crippen MR) is 48.0 cm³/mol. The Morgan fingerprint density at radius 1 is 1.45 bits per heavy atom. The zero-order valence-electron chi connectivity index (χ0n) is 7.02. The minimum Gasteiger partial charge on any atom is -0.382 e. The summed E-state index contributed by atoms with van der Waals surface area (Å²) in [6.07, 6.45) is 1.18. The van der Waals surface area contributed by atoms with Gasteiger partial charge in [0.25, 0.3) is 0 Å². The number of fused-ring (bicyclic) bond motifs is 1. The molecule has 1 heterocycles. The fourth-order valence-corrected chi connectivity index (χ4v) is 1.73. The van der Waals surface area contributed by atoms with Gasteiger partial charge in [-0.2, -0.15) is 0 Å². The summed E-state index contributed by atoms with van der Waals surface area (Å²) in [6, 6.07) is 7.06. The minimum atomic E-state index is 0.617. The SMILES string of the molecule is Cc1cccc2c1C[C@H](C)N2. The minimum absolute atomic E-state index is 0.617. The maximum Gasteiger partial charge on any atom is 0.0378 e. The van der Waals surface area contributed by atoms with Crippen molar-refractivity contribution in [3.05, 3.63) is 29.3 Å². The van der Waals surface area contributed by atoms with Gasteiger partial charge in [0.2, 0.25) is 0 Å². The second-order valence-electron chi connectivity index (χ2n) is 3.35. The van der Waals surface area contributed by atoms with E-state index in [0.29, 0.717) is 6.04 Å². The van der Waals surface area contributed by atoms with Crippen LogP contribution in [0.2, 0.25) is 0 Å². The van der Waals surface area contributed by atoms with Gasteiger partial charge < -0.3 is 5.32 Å². The lowest BCUT2D eigenvalue weighted by Crippen LogP contribution is -2.08. The van der Waals surface area contributed by atoms with Crippen LogP contribution in [-0.2, 0) is 6.42 Å². The van der Waals surface area contributed by atoms with Gasteiger partial charge in [0.05, 0.1) is 0 Å². The van der Waals surface area contributed by atoms with Gasteiger partial charge in [-0.1, -0.05) is 12.1 Å². The van der Waals surface area contributed by atoms with Gasteiger partial charge in [-0.15, -0.1) is 0 Å². The summed E-state index contributed by atoms with van der Waals surface area (Å²) in [4.78, 5) is 0. The number of anilines is 1. The molecule has 0 fully saturated rings. The van der Waals surface area contributed by atoms with Crippen molar-refractivity contribution in [1.29, 1.82) is 0 Å². The zero-order chi connectivity index (χ0) is 7.84. The molecule has 11 heavy (non-hydrogen) atoms. The van der Waals surface area contributed by atoms with Gasteiger partial charge in [-0.3, -0.25) is 0 Å². The molecule has 1 aliphatic heterocycles. The van der Waals surface area contributed by atoms with Crippen molar-refractivity contribution in [2.24, 2.45) is 0 Å². The lowest BCUT2D eigenvalue weighted by atomic mass is 10.1. The average Bonchev–Trinajstić information content (AvgIpc) is 2.31. The molecule has 0 aromatic heterocycles. The molecule has 1 N–H and O–H groups in total. The largest absolute Gasteiger partial charge is 0.382 e. The molecule has 1 aromatic rings. The van der Waals surface area contributed by atoms with E-state index in [9.17, 15) is 0 Å². The number of rotatable bonds is 0. The van der Waals surface area contributed by atoms with E-state index in [1.54, 1.807) is 0 Å². The fourth-order valence-electron chi connectivity index (χ4n) is 1.73. The van der Waals surface area contributed by atoms with Gasteiger partial charge >= 0.3 is 0 Å². The third kappa shape index (κ3) is 1.01. The first-order chi connectivity index (χ1) is 5.27. The van der Waals surface area contributed by atoms with E-state index in [1.165, 1.54) is 23.2 Å². The lowest BCUT2D eigenvalue weighted by molar-refractivity contribution is 0.836. The smallest absolute Gasteiger partial charge is 0.0378 e. The molecule has 58 valence electrons. The first-order valence-electron chi connectivity index (χ1n) is 4.12. The van der Waals surface area contributed by atoms with E-state index in [4.69, 9.17) is 0 Å². The van der Waals surface area contributed by atoms with Gasteiger partial charge in [-0.05, 0) is 37.5 Å². The van der Waals surface area contributed by atoms with E-state index >= 15 is 0 Å². The summed E-state index contributed by atoms with van der Waals surface area (Å²) in [6.45, 7) is 4.40. The van der Waals surface area contributed by atoms with Gasteiger partial charge in [0.1, 0.15) is 0 Å². The molecular formula is C10H13N. The average molecular weight is 147 g/mol. The second kappa shape index (κ2) is 2.26. The van der Waals surface area contributed by atoms with E-state index < -0.39 is 0 Å². The van der Waals surface area contributed by atoms with Crippen molar-refractivity contribution in [2.75, 3.05) is 5.32 Å². The lowest BCUT2D eigenvalue weighted by Gasteiger charge is -2.01. The number of benzene rings is 1. The molecule has 1 atom stereocenters. The Kier molecular flexibility index (Phi) is 1.38. The van der Waals surface area contributed by atoms with Crippen LogP contribution in [0.15, 0.2) is 18.2 Å². The fraction of sp³-hybridized carbons (Fsp3) is 0.400. The first kappa shape index (κ1) is 6.71. The molecule has 0 spiro atoms. The number of hydrogen-bond acceptors (Lipinski definition) is 1. The topological polar surface area (TPSA) is 12.0 Å². The van der Waals surface area contributed by atoms with Crippen molar-refractivity contribution >= 4 is 5.69 Å². The molecule has 1 heteroatoms. The summed E-state index contributed by atoms with van der Waals surface area (Å²) in [5.74, 6) is 0. The Labute approximate surface area is 67.4 Å². The highest BCUT2D eigenvalue weighted by Crippen LogP contribution is 2.27. The quantitative estimate of drug-likeness (QED) is 0.594. The normalized spacial score (nSPS) is 21.1. The zero-order valence-corrected chi connectivity index (χ0v) is 7.02. The highest BCUT2D eigenvalue weighted by molar-refractivity contribution is 5.59. The van der Waals surface area contributed by atoms with Crippen LogP contribution >= 0.6 is 0 Å². The van der Waals surface area contributed by atoms with E-state index in [2.05, 4.69) is 37.4 Å². The molecule has 0 unspecified atom stereocenters. The molecule has 0 aliphatic carbocycles. The molecule has 1 nitrogen and oxygen atoms in total. The summed E-state index contributed by atoms with van der Waals surface area (Å²) in [5.41, 5.74) is 4.25. The van der Waals surface area contributed by atoms with Crippen LogP contribution in [0.1, 0.15) is 18.1 Å². The summed E-state index contributed by atoms with van der Waals surface area (Å²) >= 11 is 0. The molecule has 0 radical (unpaired) electrons. The van der Waals surface area contributed by atoms with Crippen LogP contribution in [-0.4, -0.2) is 6.04 Å². The molecule has 0 saturated heterocycles. The Morgan fingerprint density at radius 3 is 3.00 bits per heavy atom. The molecular weight excluding hydrogens is 134 g/mol. The van der Waals surface area contributed by atoms with Crippen LogP contribution in [0.5, 0.6) is 0 Å². The van der Waals surface area contributed by atoms with Crippen molar-refractivity contribution in [2.45, 2.75) is 26.3 Å². The number of aryl methyl sites for hydroxylation is 1. The van der Waals surface area contributed by atoms with Gasteiger partial charge in [0.15, 0.2) is 0 Å².